The Labute approximate surface area is 150 Å². The van der Waals surface area contributed by atoms with E-state index in [4.69, 9.17) is 5.73 Å². The van der Waals surface area contributed by atoms with E-state index in [1.807, 2.05) is 0 Å². The summed E-state index contributed by atoms with van der Waals surface area (Å²) in [6.07, 6.45) is -1.03. The highest BCUT2D eigenvalue weighted by Crippen LogP contribution is 2.46. The summed E-state index contributed by atoms with van der Waals surface area (Å²) in [5.41, 5.74) is 5.17. The molecule has 1 aromatic rings. The van der Waals surface area contributed by atoms with E-state index in [2.05, 4.69) is 0 Å². The van der Waals surface area contributed by atoms with Crippen molar-refractivity contribution < 1.29 is 23.9 Å². The summed E-state index contributed by atoms with van der Waals surface area (Å²) >= 11 is 0. The molecular weight excluding hydrogens is 341 g/mol. The lowest BCUT2D eigenvalue weighted by molar-refractivity contribution is -0.164. The molecule has 3 rings (SSSR count). The number of Topliss-reactive ketones (excluding diaryl/α,β-unsaturated/α-hetero) is 1. The number of likely N-dealkylation sites (tertiary alicyclic amines) is 1. The first kappa shape index (κ1) is 18.5. The van der Waals surface area contributed by atoms with E-state index in [1.165, 1.54) is 47.9 Å². The van der Waals surface area contributed by atoms with E-state index in [9.17, 15) is 23.9 Å². The Kier molecular flexibility index (Phi) is 4.36. The van der Waals surface area contributed by atoms with Crippen molar-refractivity contribution in [2.75, 3.05) is 11.4 Å². The third kappa shape index (κ3) is 2.36. The molecule has 2 fully saturated rings. The normalized spacial score (nSPS) is 30.5. The zero-order chi connectivity index (χ0) is 19.4. The van der Waals surface area contributed by atoms with Crippen LogP contribution >= 0.6 is 0 Å². The number of rotatable bonds is 4. The van der Waals surface area contributed by atoms with Crippen LogP contribution in [-0.4, -0.2) is 57.9 Å². The predicted octanol–water partition coefficient (Wildman–Crippen LogP) is 0.0551. The van der Waals surface area contributed by atoms with Crippen molar-refractivity contribution in [1.29, 1.82) is 0 Å². The standard InChI is InChI=1S/C18H22FN3O4/c1-9-14(20)16(25)22(13-6-4-12(19)5-7-13)18(9)8-21(17(18)26)15(10(2)23)11(3)24/h4-7,9-10,14-15,23H,8,20H2,1-3H3/t9?,10-,14?,15+,18?/m1/s1. The third-order valence-corrected chi connectivity index (χ3v) is 5.53. The molecule has 2 aliphatic rings. The van der Waals surface area contributed by atoms with Crippen LogP contribution in [0, 0.1) is 11.7 Å². The zero-order valence-corrected chi connectivity index (χ0v) is 14.8. The third-order valence-electron chi connectivity index (χ3n) is 5.53. The van der Waals surface area contributed by atoms with E-state index >= 15 is 0 Å². The van der Waals surface area contributed by atoms with Crippen LogP contribution in [0.4, 0.5) is 10.1 Å². The molecule has 0 aromatic heterocycles. The molecule has 2 aliphatic heterocycles. The summed E-state index contributed by atoms with van der Waals surface area (Å²) in [5, 5.41) is 9.89. The van der Waals surface area contributed by atoms with Gasteiger partial charge in [-0.3, -0.25) is 19.3 Å². The minimum atomic E-state index is -1.23. The molecule has 1 aromatic carbocycles. The fourth-order valence-corrected chi connectivity index (χ4v) is 4.11. The summed E-state index contributed by atoms with van der Waals surface area (Å²) in [4.78, 5) is 40.3. The van der Waals surface area contributed by atoms with Crippen molar-refractivity contribution in [2.45, 2.75) is 44.5 Å². The number of carbonyl (C=O) groups excluding carboxylic acids is 3. The average molecular weight is 363 g/mol. The van der Waals surface area contributed by atoms with E-state index in [1.54, 1.807) is 6.92 Å². The molecule has 8 heteroatoms. The van der Waals surface area contributed by atoms with Crippen LogP contribution in [0.2, 0.25) is 0 Å². The van der Waals surface area contributed by atoms with E-state index in [-0.39, 0.29) is 12.3 Å². The number of aliphatic hydroxyl groups is 1. The van der Waals surface area contributed by atoms with Gasteiger partial charge in [0.15, 0.2) is 5.78 Å². The Morgan fingerprint density at radius 3 is 2.38 bits per heavy atom. The summed E-state index contributed by atoms with van der Waals surface area (Å²) in [6.45, 7) is 4.55. The van der Waals surface area contributed by atoms with Gasteiger partial charge in [0, 0.05) is 11.6 Å². The molecule has 3 N–H and O–H groups in total. The van der Waals surface area contributed by atoms with Crippen LogP contribution in [0.15, 0.2) is 24.3 Å². The number of nitrogens with two attached hydrogens (primary N) is 1. The maximum atomic E-state index is 13.3. The number of carbonyl (C=O) groups is 3. The number of aliphatic hydroxyl groups excluding tert-OH is 1. The molecule has 0 radical (unpaired) electrons. The van der Waals surface area contributed by atoms with E-state index in [0.29, 0.717) is 5.69 Å². The van der Waals surface area contributed by atoms with Crippen molar-refractivity contribution in [3.8, 4) is 0 Å². The predicted molar refractivity (Wildman–Crippen MR) is 91.6 cm³/mol. The van der Waals surface area contributed by atoms with Gasteiger partial charge in [-0.25, -0.2) is 4.39 Å². The topological polar surface area (TPSA) is 104 Å². The van der Waals surface area contributed by atoms with E-state index in [0.717, 1.165) is 0 Å². The maximum absolute atomic E-state index is 13.3. The van der Waals surface area contributed by atoms with Crippen LogP contribution in [0.5, 0.6) is 0 Å². The van der Waals surface area contributed by atoms with Crippen LogP contribution in [0.3, 0.4) is 0 Å². The second-order valence-electron chi connectivity index (χ2n) is 7.12. The van der Waals surface area contributed by atoms with Gasteiger partial charge in [0.05, 0.1) is 18.7 Å². The molecule has 26 heavy (non-hydrogen) atoms. The van der Waals surface area contributed by atoms with Gasteiger partial charge in [-0.2, -0.15) is 0 Å². The van der Waals surface area contributed by atoms with Crippen LogP contribution in [0.25, 0.3) is 0 Å². The number of hydrogen-bond donors (Lipinski definition) is 2. The quantitative estimate of drug-likeness (QED) is 0.736. The van der Waals surface area contributed by atoms with Crippen LogP contribution in [-0.2, 0) is 14.4 Å². The molecular formula is C18H22FN3O4. The second-order valence-corrected chi connectivity index (χ2v) is 7.12. The van der Waals surface area contributed by atoms with Gasteiger partial charge < -0.3 is 15.7 Å². The van der Waals surface area contributed by atoms with Crippen molar-refractivity contribution in [1.82, 2.24) is 4.90 Å². The number of benzene rings is 1. The highest BCUT2D eigenvalue weighted by Gasteiger charge is 2.69. The van der Waals surface area contributed by atoms with Crippen molar-refractivity contribution in [2.24, 2.45) is 11.7 Å². The maximum Gasteiger partial charge on any atom is 0.251 e. The summed E-state index contributed by atoms with van der Waals surface area (Å²) in [6, 6.07) is 3.41. The number of ketones is 1. The van der Waals surface area contributed by atoms with Gasteiger partial charge in [-0.15, -0.1) is 0 Å². The molecule has 7 nitrogen and oxygen atoms in total. The largest absolute Gasteiger partial charge is 0.391 e. The van der Waals surface area contributed by atoms with Gasteiger partial charge in [0.25, 0.3) is 5.91 Å². The summed E-state index contributed by atoms with van der Waals surface area (Å²) in [5.74, 6) is -2.15. The smallest absolute Gasteiger partial charge is 0.251 e. The summed E-state index contributed by atoms with van der Waals surface area (Å²) < 4.78 is 13.3. The minimum Gasteiger partial charge on any atom is -0.391 e. The molecule has 3 unspecified atom stereocenters. The Morgan fingerprint density at radius 1 is 1.35 bits per heavy atom. The molecule has 0 saturated carbocycles. The molecule has 0 aliphatic carbocycles. The number of β-lactam (4-membered cyclic amide) rings is 1. The number of nitrogens with zero attached hydrogens (tertiary/aromatic N) is 2. The first-order valence-electron chi connectivity index (χ1n) is 8.47. The lowest BCUT2D eigenvalue weighted by atomic mass is 9.75. The molecule has 2 heterocycles. The van der Waals surface area contributed by atoms with Crippen LogP contribution in [0.1, 0.15) is 20.8 Å². The first-order chi connectivity index (χ1) is 12.1. The van der Waals surface area contributed by atoms with Gasteiger partial charge in [-0.05, 0) is 38.1 Å². The first-order valence-corrected chi connectivity index (χ1v) is 8.47. The van der Waals surface area contributed by atoms with Crippen molar-refractivity contribution in [3.05, 3.63) is 30.1 Å². The average Bonchev–Trinajstić information content (AvgIpc) is 2.77. The molecule has 2 saturated heterocycles. The molecule has 140 valence electrons. The zero-order valence-electron chi connectivity index (χ0n) is 14.8. The summed E-state index contributed by atoms with van der Waals surface area (Å²) in [7, 11) is 0. The Bertz CT molecular complexity index is 766. The van der Waals surface area contributed by atoms with Gasteiger partial charge in [-0.1, -0.05) is 6.92 Å². The van der Waals surface area contributed by atoms with Crippen LogP contribution < -0.4 is 10.6 Å². The molecule has 5 atom stereocenters. The fraction of sp³-hybridized carbons (Fsp3) is 0.500. The van der Waals surface area contributed by atoms with Gasteiger partial charge in [0.1, 0.15) is 17.4 Å². The van der Waals surface area contributed by atoms with Gasteiger partial charge >= 0.3 is 0 Å². The van der Waals surface area contributed by atoms with Gasteiger partial charge in [0.2, 0.25) is 5.91 Å². The lowest BCUT2D eigenvalue weighted by Gasteiger charge is -2.55. The number of anilines is 1. The van der Waals surface area contributed by atoms with E-state index < -0.39 is 47.3 Å². The Hall–Kier alpha value is -2.32. The number of halogens is 1. The molecule has 1 spiro atoms. The highest BCUT2D eigenvalue weighted by atomic mass is 19.1. The Balaban J connectivity index is 2.01. The Morgan fingerprint density at radius 2 is 1.92 bits per heavy atom. The molecule has 2 amide bonds. The lowest BCUT2D eigenvalue weighted by Crippen LogP contribution is -2.78. The SMILES string of the molecule is CC(=O)[C@H]([C@@H](C)O)N1CC2(C1=O)C(C)C(N)C(=O)N2c1ccc(F)cc1. The van der Waals surface area contributed by atoms with Crippen molar-refractivity contribution in [3.63, 3.8) is 0 Å². The van der Waals surface area contributed by atoms with Crippen molar-refractivity contribution >= 4 is 23.3 Å². The number of hydrogen-bond acceptors (Lipinski definition) is 5. The monoisotopic (exact) mass is 363 g/mol. The molecule has 0 bridgehead atoms. The number of amides is 2. The highest BCUT2D eigenvalue weighted by molar-refractivity contribution is 6.13. The fourth-order valence-electron chi connectivity index (χ4n) is 4.11. The second kappa shape index (κ2) is 6.14. The minimum absolute atomic E-state index is 0.0823.